The van der Waals surface area contributed by atoms with E-state index in [4.69, 9.17) is 0 Å². The van der Waals surface area contributed by atoms with Gasteiger partial charge in [-0.15, -0.1) is 0 Å². The summed E-state index contributed by atoms with van der Waals surface area (Å²) in [5.74, 6) is -1.54. The number of hydrogen-bond acceptors (Lipinski definition) is 2. The van der Waals surface area contributed by atoms with E-state index in [0.29, 0.717) is 18.4 Å². The highest BCUT2D eigenvalue weighted by Crippen LogP contribution is 2.48. The molecule has 0 bridgehead atoms. The summed E-state index contributed by atoms with van der Waals surface area (Å²) in [5.41, 5.74) is -1.26. The Kier molecular flexibility index (Phi) is 3.48. The summed E-state index contributed by atoms with van der Waals surface area (Å²) in [6, 6.07) is 3.57. The molecule has 1 aromatic rings. The van der Waals surface area contributed by atoms with Crippen molar-refractivity contribution in [2.45, 2.75) is 49.5 Å². The van der Waals surface area contributed by atoms with Crippen LogP contribution in [-0.2, 0) is 10.2 Å². The van der Waals surface area contributed by atoms with E-state index in [1.54, 1.807) is 0 Å². The fraction of sp³-hybridized carbons (Fsp3) is 0.562. The molecule has 0 saturated heterocycles. The van der Waals surface area contributed by atoms with Crippen LogP contribution in [0.3, 0.4) is 0 Å². The molecular formula is C16H19F2NO2. The lowest BCUT2D eigenvalue weighted by molar-refractivity contribution is -0.139. The van der Waals surface area contributed by atoms with Gasteiger partial charge < -0.3 is 10.4 Å². The highest BCUT2D eigenvalue weighted by molar-refractivity contribution is 5.85. The Morgan fingerprint density at radius 3 is 2.43 bits per heavy atom. The van der Waals surface area contributed by atoms with Crippen LogP contribution in [0.2, 0.25) is 0 Å². The van der Waals surface area contributed by atoms with E-state index in [2.05, 4.69) is 5.32 Å². The number of carbonyl (C=O) groups excluding carboxylic acids is 1. The first-order chi connectivity index (χ1) is 9.95. The van der Waals surface area contributed by atoms with Gasteiger partial charge >= 0.3 is 0 Å². The van der Waals surface area contributed by atoms with Crippen LogP contribution in [0.1, 0.15) is 44.1 Å². The number of aliphatic hydroxyl groups is 1. The van der Waals surface area contributed by atoms with Crippen molar-refractivity contribution >= 4 is 5.91 Å². The topological polar surface area (TPSA) is 49.3 Å². The van der Waals surface area contributed by atoms with Crippen molar-refractivity contribution in [3.05, 3.63) is 35.4 Å². The normalized spacial score (nSPS) is 22.0. The van der Waals surface area contributed by atoms with Crippen molar-refractivity contribution in [1.82, 2.24) is 5.32 Å². The highest BCUT2D eigenvalue weighted by Gasteiger charge is 2.47. The summed E-state index contributed by atoms with van der Waals surface area (Å²) in [6.45, 7) is 0.288. The molecule has 2 aliphatic rings. The second-order valence-electron chi connectivity index (χ2n) is 6.33. The van der Waals surface area contributed by atoms with Crippen LogP contribution < -0.4 is 5.32 Å². The van der Waals surface area contributed by atoms with Gasteiger partial charge in [0.1, 0.15) is 17.2 Å². The van der Waals surface area contributed by atoms with Gasteiger partial charge in [0.05, 0.1) is 0 Å². The zero-order valence-corrected chi connectivity index (χ0v) is 11.8. The summed E-state index contributed by atoms with van der Waals surface area (Å²) in [6.07, 6.45) is 4.18. The van der Waals surface area contributed by atoms with Gasteiger partial charge in [0.2, 0.25) is 0 Å². The molecule has 2 aliphatic carbocycles. The molecule has 0 aliphatic heterocycles. The Morgan fingerprint density at radius 2 is 1.86 bits per heavy atom. The number of hydrogen-bond donors (Lipinski definition) is 2. The molecule has 0 atom stereocenters. The maximum atomic E-state index is 13.9. The van der Waals surface area contributed by atoms with Crippen molar-refractivity contribution in [3.8, 4) is 0 Å². The summed E-state index contributed by atoms with van der Waals surface area (Å²) in [4.78, 5) is 12.1. The van der Waals surface area contributed by atoms with E-state index in [1.807, 2.05) is 0 Å². The predicted molar refractivity (Wildman–Crippen MR) is 73.7 cm³/mol. The minimum Gasteiger partial charge on any atom is -0.380 e. The van der Waals surface area contributed by atoms with E-state index in [0.717, 1.165) is 31.7 Å². The van der Waals surface area contributed by atoms with E-state index in [9.17, 15) is 18.7 Å². The van der Waals surface area contributed by atoms with Gasteiger partial charge in [0, 0.05) is 18.0 Å². The smallest absolute Gasteiger partial charge is 0.251 e. The Hall–Kier alpha value is -1.49. The van der Waals surface area contributed by atoms with Crippen LogP contribution in [0, 0.1) is 11.6 Å². The third-order valence-electron chi connectivity index (χ3n) is 4.80. The third kappa shape index (κ3) is 2.67. The summed E-state index contributed by atoms with van der Waals surface area (Å²) < 4.78 is 26.9. The largest absolute Gasteiger partial charge is 0.380 e. The number of nitrogens with one attached hydrogen (secondary N) is 1. The molecule has 0 spiro atoms. The number of benzene rings is 1. The first-order valence-electron chi connectivity index (χ1n) is 7.42. The first kappa shape index (κ1) is 14.4. The maximum Gasteiger partial charge on any atom is 0.251 e. The summed E-state index contributed by atoms with van der Waals surface area (Å²) >= 11 is 0. The number of amides is 1. The van der Waals surface area contributed by atoms with Crippen LogP contribution in [0.5, 0.6) is 0 Å². The zero-order chi connectivity index (χ0) is 15.1. The highest BCUT2D eigenvalue weighted by atomic mass is 19.1. The minimum absolute atomic E-state index is 0.288. The van der Waals surface area contributed by atoms with E-state index in [-0.39, 0.29) is 12.5 Å². The number of halogens is 2. The van der Waals surface area contributed by atoms with Gasteiger partial charge in [-0.05, 0) is 50.2 Å². The molecule has 0 aromatic heterocycles. The standard InChI is InChI=1S/C16H19F2NO2/c17-11-3-4-12(13(18)9-11)15(7-8-15)10-19-14(20)16(21)5-1-2-6-16/h3-4,9,21H,1-2,5-8,10H2,(H,19,20). The average Bonchev–Trinajstić information content (AvgIpc) is 3.09. The van der Waals surface area contributed by atoms with E-state index >= 15 is 0 Å². The molecule has 5 heteroatoms. The lowest BCUT2D eigenvalue weighted by atomic mass is 9.94. The molecule has 3 rings (SSSR count). The van der Waals surface area contributed by atoms with E-state index < -0.39 is 22.7 Å². The molecule has 3 nitrogen and oxygen atoms in total. The van der Waals surface area contributed by atoms with Crippen molar-refractivity contribution in [2.75, 3.05) is 6.54 Å². The van der Waals surface area contributed by atoms with Crippen LogP contribution in [0.15, 0.2) is 18.2 Å². The molecule has 1 amide bonds. The first-order valence-corrected chi connectivity index (χ1v) is 7.42. The number of carbonyl (C=O) groups is 1. The van der Waals surface area contributed by atoms with Gasteiger partial charge in [0.15, 0.2) is 0 Å². The maximum absolute atomic E-state index is 13.9. The predicted octanol–water partition coefficient (Wildman–Crippen LogP) is 2.42. The Balaban J connectivity index is 1.68. The van der Waals surface area contributed by atoms with Crippen molar-refractivity contribution in [2.24, 2.45) is 0 Å². The molecule has 2 saturated carbocycles. The molecule has 2 N–H and O–H groups in total. The summed E-state index contributed by atoms with van der Waals surface area (Å²) in [7, 11) is 0. The molecule has 0 heterocycles. The monoisotopic (exact) mass is 295 g/mol. The average molecular weight is 295 g/mol. The van der Waals surface area contributed by atoms with Crippen molar-refractivity contribution in [3.63, 3.8) is 0 Å². The minimum atomic E-state index is -1.27. The molecule has 1 aromatic carbocycles. The molecule has 0 radical (unpaired) electrons. The quantitative estimate of drug-likeness (QED) is 0.896. The lowest BCUT2D eigenvalue weighted by Crippen LogP contribution is -2.47. The van der Waals surface area contributed by atoms with Crippen LogP contribution in [0.25, 0.3) is 0 Å². The Bertz CT molecular complexity index is 563. The fourth-order valence-electron chi connectivity index (χ4n) is 3.21. The lowest BCUT2D eigenvalue weighted by Gasteiger charge is -2.24. The van der Waals surface area contributed by atoms with Gasteiger partial charge in [-0.2, -0.15) is 0 Å². The number of rotatable bonds is 4. The molecule has 21 heavy (non-hydrogen) atoms. The fourth-order valence-corrected chi connectivity index (χ4v) is 3.21. The molecule has 0 unspecified atom stereocenters. The SMILES string of the molecule is O=C(NCC1(c2ccc(F)cc2F)CC1)C1(O)CCCC1. The molecular weight excluding hydrogens is 276 g/mol. The third-order valence-corrected chi connectivity index (χ3v) is 4.80. The summed E-state index contributed by atoms with van der Waals surface area (Å²) in [5, 5.41) is 13.0. The van der Waals surface area contributed by atoms with Crippen LogP contribution in [-0.4, -0.2) is 23.2 Å². The van der Waals surface area contributed by atoms with Gasteiger partial charge in [-0.25, -0.2) is 8.78 Å². The Labute approximate surface area is 122 Å². The second kappa shape index (κ2) is 5.05. The second-order valence-corrected chi connectivity index (χ2v) is 6.33. The van der Waals surface area contributed by atoms with Crippen LogP contribution in [0.4, 0.5) is 8.78 Å². The van der Waals surface area contributed by atoms with E-state index in [1.165, 1.54) is 12.1 Å². The van der Waals surface area contributed by atoms with Crippen molar-refractivity contribution < 1.29 is 18.7 Å². The zero-order valence-electron chi connectivity index (χ0n) is 11.8. The van der Waals surface area contributed by atoms with Crippen molar-refractivity contribution in [1.29, 1.82) is 0 Å². The van der Waals surface area contributed by atoms with Gasteiger partial charge in [-0.3, -0.25) is 4.79 Å². The van der Waals surface area contributed by atoms with Gasteiger partial charge in [-0.1, -0.05) is 6.07 Å². The molecule has 114 valence electrons. The van der Waals surface area contributed by atoms with Gasteiger partial charge in [0.25, 0.3) is 5.91 Å². The van der Waals surface area contributed by atoms with Crippen LogP contribution >= 0.6 is 0 Å². The molecule has 2 fully saturated rings. The Morgan fingerprint density at radius 1 is 1.19 bits per heavy atom.